The molecule has 1 fully saturated rings. The number of allylic oxidation sites excluding steroid dienone is 4. The fourth-order valence-corrected chi connectivity index (χ4v) is 7.50. The Kier molecular flexibility index (Phi) is 10.7. The second-order valence-corrected chi connectivity index (χ2v) is 13.8. The predicted molar refractivity (Wildman–Crippen MR) is 174 cm³/mol. The van der Waals surface area contributed by atoms with Gasteiger partial charge in [-0.2, -0.15) is 0 Å². The van der Waals surface area contributed by atoms with E-state index in [0.717, 1.165) is 48.8 Å². The summed E-state index contributed by atoms with van der Waals surface area (Å²) < 4.78 is 5.76. The minimum absolute atomic E-state index is 0.0687. The van der Waals surface area contributed by atoms with Gasteiger partial charge in [-0.05, 0) is 97.6 Å². The third-order valence-electron chi connectivity index (χ3n) is 10.4. The van der Waals surface area contributed by atoms with E-state index < -0.39 is 0 Å². The van der Waals surface area contributed by atoms with Crippen molar-refractivity contribution in [1.29, 1.82) is 0 Å². The third-order valence-corrected chi connectivity index (χ3v) is 10.4. The lowest BCUT2D eigenvalue weighted by molar-refractivity contribution is -0.146. The number of ether oxygens (including phenoxy) is 1. The normalized spacial score (nSPS) is 26.4. The summed E-state index contributed by atoms with van der Waals surface area (Å²) in [7, 11) is 0. The first kappa shape index (κ1) is 32.0. The summed E-state index contributed by atoms with van der Waals surface area (Å²) >= 11 is 0. The van der Waals surface area contributed by atoms with Crippen molar-refractivity contribution in [3.8, 4) is 0 Å². The molecule has 3 nitrogen and oxygen atoms in total. The summed E-state index contributed by atoms with van der Waals surface area (Å²) in [5.41, 5.74) is 5.22. The number of rotatable bonds is 7. The minimum Gasteiger partial charge on any atom is -0.462 e. The van der Waals surface area contributed by atoms with E-state index in [4.69, 9.17) is 4.74 Å². The quantitative estimate of drug-likeness (QED) is 0.190. The Morgan fingerprint density at radius 1 is 0.976 bits per heavy atom. The molecule has 42 heavy (non-hydrogen) atoms. The van der Waals surface area contributed by atoms with Crippen molar-refractivity contribution >= 4 is 11.8 Å². The molecule has 0 spiro atoms. The van der Waals surface area contributed by atoms with Crippen LogP contribution in [0.3, 0.4) is 0 Å². The van der Waals surface area contributed by atoms with Gasteiger partial charge >= 0.3 is 5.97 Å². The van der Waals surface area contributed by atoms with Gasteiger partial charge in [0.2, 0.25) is 0 Å². The monoisotopic (exact) mass is 568 g/mol. The van der Waals surface area contributed by atoms with Crippen molar-refractivity contribution in [1.82, 2.24) is 0 Å². The molecule has 6 unspecified atom stereocenters. The number of carbonyl (C=O) groups excluding carboxylic acids is 2. The van der Waals surface area contributed by atoms with Crippen molar-refractivity contribution in [3.63, 3.8) is 0 Å². The molecule has 226 valence electrons. The molecule has 2 aromatic rings. The Balaban J connectivity index is 1.80. The Hall–Kier alpha value is -2.94. The molecule has 0 radical (unpaired) electrons. The molecule has 2 bridgehead atoms. The zero-order valence-electron chi connectivity index (χ0n) is 27.0. The molecule has 2 aromatic carbocycles. The van der Waals surface area contributed by atoms with Gasteiger partial charge in [-0.25, -0.2) is 0 Å². The topological polar surface area (TPSA) is 43.4 Å². The average Bonchev–Trinajstić information content (AvgIpc) is 3.30. The van der Waals surface area contributed by atoms with Crippen molar-refractivity contribution in [2.45, 2.75) is 105 Å². The van der Waals surface area contributed by atoms with Gasteiger partial charge in [0.05, 0.1) is 0 Å². The predicted octanol–water partition coefficient (Wildman–Crippen LogP) is 9.90. The summed E-state index contributed by atoms with van der Waals surface area (Å²) in [5, 5.41) is 0. The van der Waals surface area contributed by atoms with Gasteiger partial charge in [0, 0.05) is 24.5 Å². The van der Waals surface area contributed by atoms with Crippen LogP contribution in [0.4, 0.5) is 0 Å². The molecule has 0 heterocycles. The molecule has 1 saturated carbocycles. The number of fused-ring (bicyclic) bond motifs is 8. The first-order chi connectivity index (χ1) is 20.0. The fraction of sp³-hybridized carbons (Fsp3) is 0.538. The van der Waals surface area contributed by atoms with Gasteiger partial charge in [-0.1, -0.05) is 101 Å². The van der Waals surface area contributed by atoms with Gasteiger partial charge in [-0.15, -0.1) is 0 Å². The van der Waals surface area contributed by atoms with Gasteiger partial charge in [0.25, 0.3) is 0 Å². The van der Waals surface area contributed by atoms with Crippen molar-refractivity contribution in [2.75, 3.05) is 0 Å². The maximum absolute atomic E-state index is 14.1. The summed E-state index contributed by atoms with van der Waals surface area (Å²) in [5.74, 6) is 2.36. The Bertz CT molecular complexity index is 1290. The molecule has 5 rings (SSSR count). The zero-order chi connectivity index (χ0) is 30.4. The van der Waals surface area contributed by atoms with Gasteiger partial charge in [-0.3, -0.25) is 9.59 Å². The minimum atomic E-state index is -0.251. The Morgan fingerprint density at radius 3 is 2.40 bits per heavy atom. The van der Waals surface area contributed by atoms with Crippen LogP contribution in [0, 0.1) is 29.1 Å². The standard InChI is InChI=1S/C39H52O3/c1-26(2)28(4)16-17-29(5)36-21-22-37-34-20-18-31(25-35(34)38(41)32-13-9-8-10-14-32)24-33(42-30(6)40)19-15-27(3)12-11-23-39(36,37)7/h8-10,12-14,16-18,20,25-26,28-29,33,36-37H,11,15,19,21-24H2,1-7H3. The molecule has 3 heteroatoms. The fourth-order valence-electron chi connectivity index (χ4n) is 7.50. The largest absolute Gasteiger partial charge is 0.462 e. The van der Waals surface area contributed by atoms with E-state index >= 15 is 0 Å². The Morgan fingerprint density at radius 2 is 1.71 bits per heavy atom. The number of hydrogen-bond acceptors (Lipinski definition) is 3. The van der Waals surface area contributed by atoms with Crippen LogP contribution < -0.4 is 0 Å². The van der Waals surface area contributed by atoms with Crippen LogP contribution in [-0.4, -0.2) is 17.9 Å². The van der Waals surface area contributed by atoms with Crippen LogP contribution in [0.1, 0.15) is 120 Å². The molecule has 3 aliphatic rings. The average molecular weight is 569 g/mol. The molecule has 0 saturated heterocycles. The van der Waals surface area contributed by atoms with E-state index in [9.17, 15) is 9.59 Å². The highest BCUT2D eigenvalue weighted by Crippen LogP contribution is 2.59. The van der Waals surface area contributed by atoms with Crippen molar-refractivity contribution in [2.24, 2.45) is 29.1 Å². The molecular formula is C39H52O3. The summed E-state index contributed by atoms with van der Waals surface area (Å²) in [6.45, 7) is 15.5. The maximum atomic E-state index is 14.1. The van der Waals surface area contributed by atoms with Crippen LogP contribution >= 0.6 is 0 Å². The third kappa shape index (κ3) is 7.52. The smallest absolute Gasteiger partial charge is 0.302 e. The van der Waals surface area contributed by atoms with E-state index in [0.29, 0.717) is 36.0 Å². The lowest BCUT2D eigenvalue weighted by Crippen LogP contribution is -2.32. The van der Waals surface area contributed by atoms with Crippen LogP contribution in [0.5, 0.6) is 0 Å². The first-order valence-electron chi connectivity index (χ1n) is 16.2. The van der Waals surface area contributed by atoms with Crippen LogP contribution in [0.2, 0.25) is 0 Å². The van der Waals surface area contributed by atoms with E-state index in [1.54, 1.807) is 0 Å². The van der Waals surface area contributed by atoms with Gasteiger partial charge in [0.15, 0.2) is 5.78 Å². The van der Waals surface area contributed by atoms with Crippen LogP contribution in [-0.2, 0) is 16.0 Å². The summed E-state index contributed by atoms with van der Waals surface area (Å²) in [4.78, 5) is 26.1. The highest BCUT2D eigenvalue weighted by molar-refractivity contribution is 6.10. The number of hydrogen-bond donors (Lipinski definition) is 0. The second kappa shape index (κ2) is 14.0. The van der Waals surface area contributed by atoms with Crippen LogP contribution in [0.25, 0.3) is 0 Å². The lowest BCUT2D eigenvalue weighted by atomic mass is 9.64. The zero-order valence-corrected chi connectivity index (χ0v) is 27.0. The highest BCUT2D eigenvalue weighted by atomic mass is 16.5. The van der Waals surface area contributed by atoms with Crippen LogP contribution in [0.15, 0.2) is 72.3 Å². The van der Waals surface area contributed by atoms with E-state index in [2.05, 4.69) is 78.0 Å². The maximum Gasteiger partial charge on any atom is 0.302 e. The molecule has 3 aliphatic carbocycles. The van der Waals surface area contributed by atoms with Crippen molar-refractivity contribution in [3.05, 3.63) is 94.6 Å². The number of ketones is 1. The second-order valence-electron chi connectivity index (χ2n) is 13.8. The number of esters is 1. The van der Waals surface area contributed by atoms with Gasteiger partial charge < -0.3 is 4.74 Å². The van der Waals surface area contributed by atoms with E-state index in [-0.39, 0.29) is 23.3 Å². The van der Waals surface area contributed by atoms with E-state index in [1.807, 2.05) is 30.3 Å². The van der Waals surface area contributed by atoms with E-state index in [1.165, 1.54) is 24.5 Å². The molecule has 0 N–H and O–H groups in total. The number of benzene rings is 2. The Labute approximate surface area is 254 Å². The van der Waals surface area contributed by atoms with Gasteiger partial charge in [0.1, 0.15) is 6.10 Å². The SMILES string of the molecule is CC(=O)OC1CCC(C)=CCCC2(C)C(CCC2C(C)C=CC(C)C(C)C)c2ccc(cc2C(=O)c2ccccc2)C1. The lowest BCUT2D eigenvalue weighted by Gasteiger charge is -2.40. The molecule has 6 atom stereocenters. The highest BCUT2D eigenvalue weighted by Gasteiger charge is 2.48. The first-order valence-corrected chi connectivity index (χ1v) is 16.2. The van der Waals surface area contributed by atoms with Crippen molar-refractivity contribution < 1.29 is 14.3 Å². The summed E-state index contributed by atoms with van der Waals surface area (Å²) in [6.07, 6.45) is 13.8. The molecule has 0 amide bonds. The summed E-state index contributed by atoms with van der Waals surface area (Å²) in [6, 6.07) is 16.2. The number of carbonyl (C=O) groups is 2. The molecular weight excluding hydrogens is 516 g/mol. The molecule has 0 aliphatic heterocycles. The molecule has 0 aromatic heterocycles.